The Balaban J connectivity index is 1.84. The number of aryl methyl sites for hydroxylation is 1. The summed E-state index contributed by atoms with van der Waals surface area (Å²) >= 11 is 0. The number of amides is 1. The molecule has 0 bridgehead atoms. The van der Waals surface area contributed by atoms with Crippen LogP contribution in [0.4, 0.5) is 24.5 Å². The summed E-state index contributed by atoms with van der Waals surface area (Å²) in [5.74, 6) is -0.188. The van der Waals surface area contributed by atoms with E-state index >= 15 is 0 Å². The number of halogens is 3. The van der Waals surface area contributed by atoms with E-state index in [-0.39, 0.29) is 29.0 Å². The summed E-state index contributed by atoms with van der Waals surface area (Å²) in [6.45, 7) is 1.33. The molecule has 1 amide bonds. The van der Waals surface area contributed by atoms with Crippen molar-refractivity contribution in [1.82, 2.24) is 4.98 Å². The highest BCUT2D eigenvalue weighted by Gasteiger charge is 2.31. The number of hydrogen-bond donors (Lipinski definition) is 2. The topological polar surface area (TPSA) is 115 Å². The predicted molar refractivity (Wildman–Crippen MR) is 131 cm³/mol. The number of benzene rings is 2. The van der Waals surface area contributed by atoms with Crippen molar-refractivity contribution in [3.05, 3.63) is 77.1 Å². The normalized spacial score (nSPS) is 11.9. The number of carbonyl (C=O) groups excluding carboxylic acids is 1. The van der Waals surface area contributed by atoms with Gasteiger partial charge in [-0.1, -0.05) is 0 Å². The number of nitrogens with zero attached hydrogens (tertiary/aromatic N) is 2. The van der Waals surface area contributed by atoms with Gasteiger partial charge in [0.1, 0.15) is 22.8 Å². The largest absolute Gasteiger partial charge is 0.573 e. The first-order valence-corrected chi connectivity index (χ1v) is 11.1. The number of anilines is 1. The van der Waals surface area contributed by atoms with E-state index < -0.39 is 18.0 Å². The Morgan fingerprint density at radius 3 is 2.42 bits per heavy atom. The lowest BCUT2D eigenvalue weighted by molar-refractivity contribution is -0.274. The highest BCUT2D eigenvalue weighted by atomic mass is 19.4. The summed E-state index contributed by atoms with van der Waals surface area (Å²) in [4.78, 5) is 22.0. The van der Waals surface area contributed by atoms with Crippen molar-refractivity contribution in [1.29, 1.82) is 0 Å². The molecule has 0 unspecified atom stereocenters. The molecule has 4 rings (SSSR count). The van der Waals surface area contributed by atoms with E-state index in [0.717, 1.165) is 12.1 Å². The zero-order chi connectivity index (χ0) is 27.4. The molecular weight excluding hydrogens is 507 g/mol. The number of methoxy groups -OCH3 is 2. The molecule has 2 N–H and O–H groups in total. The van der Waals surface area contributed by atoms with E-state index in [2.05, 4.69) is 20.0 Å². The summed E-state index contributed by atoms with van der Waals surface area (Å²) in [6, 6.07) is 11.1. The van der Waals surface area contributed by atoms with Crippen LogP contribution >= 0.6 is 0 Å². The predicted octanol–water partition coefficient (Wildman–Crippen LogP) is 5.03. The van der Waals surface area contributed by atoms with Crippen LogP contribution in [-0.4, -0.2) is 36.6 Å². The van der Waals surface area contributed by atoms with Gasteiger partial charge >= 0.3 is 6.36 Å². The molecule has 0 saturated carbocycles. The van der Waals surface area contributed by atoms with Gasteiger partial charge in [-0.2, -0.15) is 0 Å². The molecule has 9 nitrogen and oxygen atoms in total. The molecule has 0 aliphatic heterocycles. The summed E-state index contributed by atoms with van der Waals surface area (Å²) in [6.07, 6.45) is -3.37. The van der Waals surface area contributed by atoms with E-state index in [9.17, 15) is 23.1 Å². The number of aromatic nitrogens is 1. The van der Waals surface area contributed by atoms with Crippen LogP contribution in [0.2, 0.25) is 0 Å². The summed E-state index contributed by atoms with van der Waals surface area (Å²) in [5, 5.41) is 13.0. The highest BCUT2D eigenvalue weighted by Crippen LogP contribution is 2.30. The van der Waals surface area contributed by atoms with Crippen molar-refractivity contribution < 1.29 is 41.7 Å². The Kier molecular flexibility index (Phi) is 7.53. The molecule has 198 valence electrons. The molecule has 38 heavy (non-hydrogen) atoms. The fourth-order valence-electron chi connectivity index (χ4n) is 3.59. The Morgan fingerprint density at radius 2 is 1.79 bits per heavy atom. The fraction of sp³-hybridized carbons (Fsp3) is 0.192. The van der Waals surface area contributed by atoms with Gasteiger partial charge in [0.15, 0.2) is 5.58 Å². The first-order chi connectivity index (χ1) is 18.1. The van der Waals surface area contributed by atoms with E-state index in [0.29, 0.717) is 33.8 Å². The molecule has 0 saturated heterocycles. The zero-order valence-electron chi connectivity index (χ0n) is 20.4. The quantitative estimate of drug-likeness (QED) is 0.345. The van der Waals surface area contributed by atoms with Crippen molar-refractivity contribution in [3.63, 3.8) is 0 Å². The third-order valence-corrected chi connectivity index (χ3v) is 5.42. The van der Waals surface area contributed by atoms with Crippen molar-refractivity contribution in [2.75, 3.05) is 19.5 Å². The van der Waals surface area contributed by atoms with Crippen LogP contribution in [0.15, 0.2) is 64.1 Å². The number of pyridine rings is 1. The number of fused-ring (bicyclic) bond motifs is 1. The lowest BCUT2D eigenvalue weighted by Crippen LogP contribution is -2.22. The minimum absolute atomic E-state index is 0.00807. The second-order valence-electron chi connectivity index (χ2n) is 7.91. The average molecular weight is 529 g/mol. The van der Waals surface area contributed by atoms with Gasteiger partial charge in [0, 0.05) is 23.2 Å². The van der Waals surface area contributed by atoms with Crippen LogP contribution in [0.3, 0.4) is 0 Å². The molecular formula is C26H22F3N3O6. The maximum absolute atomic E-state index is 13.4. The number of hydrogen-bond acceptors (Lipinski definition) is 8. The van der Waals surface area contributed by atoms with Crippen molar-refractivity contribution in [2.24, 2.45) is 4.99 Å². The molecule has 0 spiro atoms. The Bertz CT molecular complexity index is 1550. The van der Waals surface area contributed by atoms with Gasteiger partial charge in [-0.3, -0.25) is 9.78 Å². The average Bonchev–Trinajstić information content (AvgIpc) is 2.89. The van der Waals surface area contributed by atoms with Gasteiger partial charge in [0.05, 0.1) is 37.9 Å². The third-order valence-electron chi connectivity index (χ3n) is 5.42. The van der Waals surface area contributed by atoms with E-state index in [1.165, 1.54) is 38.6 Å². The lowest BCUT2D eigenvalue weighted by atomic mass is 10.1. The summed E-state index contributed by atoms with van der Waals surface area (Å²) < 4.78 is 57.9. The zero-order valence-corrected chi connectivity index (χ0v) is 20.4. The number of alkyl halides is 3. The van der Waals surface area contributed by atoms with Gasteiger partial charge in [0.2, 0.25) is 5.55 Å². The molecule has 0 atom stereocenters. The standard InChI is InChI=1S/C26H22F3N3O6/c1-14-23-19(15(13-33)12-30-14)11-20(24(34)32-21-9-8-18(35-2)10-22(21)36-3)25(37-23)31-16-4-6-17(7-5-16)38-26(27,28)29/h4-12,33H,13H2,1-3H3,(H,32,34). The van der Waals surface area contributed by atoms with Gasteiger partial charge in [-0.05, 0) is 49.4 Å². The minimum atomic E-state index is -4.84. The van der Waals surface area contributed by atoms with Gasteiger partial charge in [-0.15, -0.1) is 13.2 Å². The van der Waals surface area contributed by atoms with Gasteiger partial charge < -0.3 is 29.1 Å². The Labute approximate surface area is 214 Å². The van der Waals surface area contributed by atoms with Crippen LogP contribution < -0.4 is 25.1 Å². The molecule has 0 radical (unpaired) electrons. The van der Waals surface area contributed by atoms with Crippen LogP contribution in [0, 0.1) is 6.92 Å². The van der Waals surface area contributed by atoms with Crippen molar-refractivity contribution in [2.45, 2.75) is 19.9 Å². The number of nitrogens with one attached hydrogen (secondary N) is 1. The molecule has 0 aliphatic carbocycles. The Hall–Kier alpha value is -4.58. The SMILES string of the molecule is COc1ccc(NC(=O)c2cc3c(CO)cnc(C)c3oc2=Nc2ccc(OC(F)(F)F)cc2)c(OC)c1. The van der Waals surface area contributed by atoms with Crippen molar-refractivity contribution >= 4 is 28.3 Å². The van der Waals surface area contributed by atoms with Gasteiger partial charge in [-0.25, -0.2) is 4.99 Å². The molecule has 2 aromatic carbocycles. The molecule has 0 aliphatic rings. The van der Waals surface area contributed by atoms with Crippen LogP contribution in [0.5, 0.6) is 17.2 Å². The molecule has 2 aromatic heterocycles. The third kappa shape index (κ3) is 5.86. The number of aliphatic hydroxyl groups excluding tert-OH is 1. The van der Waals surface area contributed by atoms with E-state index in [4.69, 9.17) is 13.9 Å². The van der Waals surface area contributed by atoms with E-state index in [1.807, 2.05) is 0 Å². The van der Waals surface area contributed by atoms with Crippen LogP contribution in [0.1, 0.15) is 21.6 Å². The first-order valence-electron chi connectivity index (χ1n) is 11.1. The smallest absolute Gasteiger partial charge is 0.497 e. The molecule has 0 fully saturated rings. The summed E-state index contributed by atoms with van der Waals surface area (Å²) in [5.41, 5.74) is 1.58. The Morgan fingerprint density at radius 1 is 1.08 bits per heavy atom. The second kappa shape index (κ2) is 10.8. The highest BCUT2D eigenvalue weighted by molar-refractivity contribution is 6.06. The van der Waals surface area contributed by atoms with Crippen LogP contribution in [-0.2, 0) is 6.61 Å². The van der Waals surface area contributed by atoms with Gasteiger partial charge in [0.25, 0.3) is 5.91 Å². The number of ether oxygens (including phenoxy) is 3. The second-order valence-corrected chi connectivity index (χ2v) is 7.91. The molecule has 4 aromatic rings. The van der Waals surface area contributed by atoms with E-state index in [1.54, 1.807) is 25.1 Å². The first kappa shape index (κ1) is 26.5. The number of rotatable bonds is 7. The lowest BCUT2D eigenvalue weighted by Gasteiger charge is -2.13. The molecule has 2 heterocycles. The maximum Gasteiger partial charge on any atom is 0.573 e. The number of carbonyl (C=O) groups is 1. The summed E-state index contributed by atoms with van der Waals surface area (Å²) in [7, 11) is 2.93. The molecule has 12 heteroatoms. The monoisotopic (exact) mass is 529 g/mol. The van der Waals surface area contributed by atoms with Crippen LogP contribution in [0.25, 0.3) is 11.0 Å². The minimum Gasteiger partial charge on any atom is -0.497 e. The van der Waals surface area contributed by atoms with Crippen molar-refractivity contribution in [3.8, 4) is 17.2 Å². The fourth-order valence-corrected chi connectivity index (χ4v) is 3.59. The number of aliphatic hydroxyl groups is 1. The maximum atomic E-state index is 13.4.